The molecule has 8 nitrogen and oxygen atoms in total. The second-order valence-electron chi connectivity index (χ2n) is 5.64. The predicted octanol–water partition coefficient (Wildman–Crippen LogP) is 0.338. The van der Waals surface area contributed by atoms with Gasteiger partial charge in [-0.25, -0.2) is 4.79 Å². The van der Waals surface area contributed by atoms with Crippen LogP contribution in [0.5, 0.6) is 11.8 Å². The van der Waals surface area contributed by atoms with Gasteiger partial charge < -0.3 is 15.1 Å². The minimum absolute atomic E-state index is 0.206. The van der Waals surface area contributed by atoms with Crippen molar-refractivity contribution in [3.8, 4) is 11.8 Å². The molecule has 0 aromatic carbocycles. The number of hydrogen-bond donors (Lipinski definition) is 2. The zero-order chi connectivity index (χ0) is 16.6. The Kier molecular flexibility index (Phi) is 3.81. The molecule has 0 spiro atoms. The summed E-state index contributed by atoms with van der Waals surface area (Å²) in [5.74, 6) is -2.35. The Labute approximate surface area is 131 Å². The van der Waals surface area contributed by atoms with Crippen LogP contribution in [-0.4, -0.2) is 43.7 Å². The predicted molar refractivity (Wildman–Crippen MR) is 76.1 cm³/mol. The molecular weight excluding hydrogens is 304 g/mol. The fourth-order valence-corrected chi connectivity index (χ4v) is 3.00. The van der Waals surface area contributed by atoms with Crippen LogP contribution in [0.15, 0.2) is 24.3 Å². The number of aromatic nitrogens is 1. The summed E-state index contributed by atoms with van der Waals surface area (Å²) < 4.78 is 0.659. The highest BCUT2D eigenvalue weighted by Gasteiger charge is 2.36. The van der Waals surface area contributed by atoms with Crippen LogP contribution >= 0.6 is 0 Å². The van der Waals surface area contributed by atoms with E-state index in [1.54, 1.807) is 0 Å². The van der Waals surface area contributed by atoms with Crippen LogP contribution in [0, 0.1) is 5.92 Å². The number of hydrogen-bond acceptors (Lipinski definition) is 6. The number of rotatable bonds is 3. The minimum Gasteiger partial charge on any atom is -0.492 e. The number of amides is 2. The Morgan fingerprint density at radius 3 is 2.04 bits per heavy atom. The molecule has 1 aromatic heterocycles. The van der Waals surface area contributed by atoms with Gasteiger partial charge in [-0.2, -0.15) is 0 Å². The Hall–Kier alpha value is -2.77. The normalized spacial score (nSPS) is 24.3. The lowest BCUT2D eigenvalue weighted by Gasteiger charge is -2.32. The average molecular weight is 320 g/mol. The van der Waals surface area contributed by atoms with Crippen LogP contribution in [0.4, 0.5) is 0 Å². The lowest BCUT2D eigenvalue weighted by Crippen LogP contribution is -2.43. The van der Waals surface area contributed by atoms with Crippen LogP contribution < -0.4 is 4.84 Å². The van der Waals surface area contributed by atoms with Gasteiger partial charge in [0.15, 0.2) is 0 Å². The maximum absolute atomic E-state index is 12.1. The molecule has 0 atom stereocenters. The first-order valence-corrected chi connectivity index (χ1v) is 7.34. The Morgan fingerprint density at radius 1 is 1.00 bits per heavy atom. The van der Waals surface area contributed by atoms with Crippen molar-refractivity contribution >= 4 is 17.8 Å². The molecule has 1 saturated carbocycles. The van der Waals surface area contributed by atoms with E-state index in [1.165, 1.54) is 29.2 Å². The molecule has 0 saturated heterocycles. The van der Waals surface area contributed by atoms with Gasteiger partial charge in [-0.1, -0.05) is 0 Å². The standard InChI is InChI=1S/C15H16N2O6/c18-11-5-6-12(19)16(11)10-3-1-9(2-4-10)15(22)23-17-13(20)7-8-14(17)21/h5-10,20-21H,1-4H2. The summed E-state index contributed by atoms with van der Waals surface area (Å²) in [5, 5.41) is 18.9. The second kappa shape index (κ2) is 5.79. The van der Waals surface area contributed by atoms with Crippen molar-refractivity contribution < 1.29 is 29.4 Å². The molecule has 3 rings (SSSR count). The lowest BCUT2D eigenvalue weighted by molar-refractivity contribution is -0.152. The van der Waals surface area contributed by atoms with E-state index in [9.17, 15) is 24.6 Å². The van der Waals surface area contributed by atoms with Crippen LogP contribution in [0.25, 0.3) is 0 Å². The van der Waals surface area contributed by atoms with Crippen LogP contribution in [0.1, 0.15) is 25.7 Å². The van der Waals surface area contributed by atoms with E-state index in [-0.39, 0.29) is 29.6 Å². The van der Waals surface area contributed by atoms with E-state index in [4.69, 9.17) is 4.84 Å². The molecule has 1 aromatic rings. The Morgan fingerprint density at radius 2 is 1.52 bits per heavy atom. The molecule has 1 aliphatic heterocycles. The molecule has 0 radical (unpaired) electrons. The molecule has 2 amide bonds. The van der Waals surface area contributed by atoms with Gasteiger partial charge in [0.25, 0.3) is 11.8 Å². The van der Waals surface area contributed by atoms with E-state index in [1.807, 2.05) is 0 Å². The summed E-state index contributed by atoms with van der Waals surface area (Å²) in [7, 11) is 0. The van der Waals surface area contributed by atoms with E-state index in [0.717, 1.165) is 0 Å². The maximum Gasteiger partial charge on any atom is 0.336 e. The molecule has 0 bridgehead atoms. The molecular formula is C15H16N2O6. The number of nitrogens with zero attached hydrogens (tertiary/aromatic N) is 2. The average Bonchev–Trinajstić information content (AvgIpc) is 3.03. The number of carbonyl (C=O) groups is 3. The molecule has 0 unspecified atom stereocenters. The third kappa shape index (κ3) is 2.79. The summed E-state index contributed by atoms with van der Waals surface area (Å²) in [4.78, 5) is 41.6. The maximum atomic E-state index is 12.1. The summed E-state index contributed by atoms with van der Waals surface area (Å²) in [6.45, 7) is 0. The summed E-state index contributed by atoms with van der Waals surface area (Å²) in [5.41, 5.74) is 0. The SMILES string of the molecule is O=C(On1c(O)ccc1O)C1CCC(N2C(=O)C=CC2=O)CC1. The fraction of sp³-hybridized carbons (Fsp3) is 0.400. The number of carbonyl (C=O) groups excluding carboxylic acids is 3. The summed E-state index contributed by atoms with van der Waals surface area (Å²) >= 11 is 0. The highest BCUT2D eigenvalue weighted by Crippen LogP contribution is 2.30. The zero-order valence-electron chi connectivity index (χ0n) is 12.2. The van der Waals surface area contributed by atoms with E-state index in [0.29, 0.717) is 30.4 Å². The van der Waals surface area contributed by atoms with Crippen LogP contribution in [0.2, 0.25) is 0 Å². The fourth-order valence-electron chi connectivity index (χ4n) is 3.00. The molecule has 2 aliphatic rings. The van der Waals surface area contributed by atoms with Crippen molar-refractivity contribution in [1.29, 1.82) is 0 Å². The number of imide groups is 1. The van der Waals surface area contributed by atoms with E-state index in [2.05, 4.69) is 0 Å². The van der Waals surface area contributed by atoms with Crippen molar-refractivity contribution in [3.63, 3.8) is 0 Å². The lowest BCUT2D eigenvalue weighted by atomic mass is 9.85. The van der Waals surface area contributed by atoms with Crippen molar-refractivity contribution in [3.05, 3.63) is 24.3 Å². The van der Waals surface area contributed by atoms with Gasteiger partial charge in [0.05, 0.1) is 5.92 Å². The van der Waals surface area contributed by atoms with Crippen LogP contribution in [0.3, 0.4) is 0 Å². The minimum atomic E-state index is -0.567. The van der Waals surface area contributed by atoms with Gasteiger partial charge in [-0.3, -0.25) is 14.5 Å². The van der Waals surface area contributed by atoms with Gasteiger partial charge in [-0.15, -0.1) is 4.73 Å². The smallest absolute Gasteiger partial charge is 0.336 e. The third-order valence-electron chi connectivity index (χ3n) is 4.22. The van der Waals surface area contributed by atoms with Gasteiger partial charge in [0.1, 0.15) is 0 Å². The van der Waals surface area contributed by atoms with Crippen LogP contribution in [-0.2, 0) is 14.4 Å². The quantitative estimate of drug-likeness (QED) is 0.777. The molecule has 8 heteroatoms. The third-order valence-corrected chi connectivity index (χ3v) is 4.22. The molecule has 1 fully saturated rings. The molecule has 1 aliphatic carbocycles. The topological polar surface area (TPSA) is 109 Å². The van der Waals surface area contributed by atoms with E-state index < -0.39 is 11.9 Å². The second-order valence-corrected chi connectivity index (χ2v) is 5.64. The highest BCUT2D eigenvalue weighted by molar-refractivity contribution is 6.13. The zero-order valence-corrected chi connectivity index (χ0v) is 12.2. The Balaban J connectivity index is 1.58. The van der Waals surface area contributed by atoms with Crippen molar-refractivity contribution in [2.24, 2.45) is 5.92 Å². The van der Waals surface area contributed by atoms with Gasteiger partial charge in [0.2, 0.25) is 11.8 Å². The summed E-state index contributed by atoms with van der Waals surface area (Å²) in [6, 6.07) is 2.20. The highest BCUT2D eigenvalue weighted by atomic mass is 16.7. The van der Waals surface area contributed by atoms with Gasteiger partial charge in [-0.05, 0) is 25.7 Å². The van der Waals surface area contributed by atoms with Crippen molar-refractivity contribution in [2.45, 2.75) is 31.7 Å². The van der Waals surface area contributed by atoms with Crippen molar-refractivity contribution in [2.75, 3.05) is 0 Å². The molecule has 2 N–H and O–H groups in total. The Bertz CT molecular complexity index is 647. The van der Waals surface area contributed by atoms with E-state index >= 15 is 0 Å². The summed E-state index contributed by atoms with van der Waals surface area (Å²) in [6.07, 6.45) is 4.46. The largest absolute Gasteiger partial charge is 0.492 e. The van der Waals surface area contributed by atoms with Gasteiger partial charge in [0, 0.05) is 30.3 Å². The molecule has 2 heterocycles. The van der Waals surface area contributed by atoms with Gasteiger partial charge >= 0.3 is 5.97 Å². The first kappa shape index (κ1) is 15.1. The number of aromatic hydroxyl groups is 2. The first-order chi connectivity index (χ1) is 11.0. The molecule has 122 valence electrons. The monoisotopic (exact) mass is 320 g/mol. The van der Waals surface area contributed by atoms with Crippen molar-refractivity contribution in [1.82, 2.24) is 9.63 Å². The first-order valence-electron chi connectivity index (χ1n) is 7.34. The molecule has 23 heavy (non-hydrogen) atoms.